The first-order valence-electron chi connectivity index (χ1n) is 5.01. The van der Waals surface area contributed by atoms with Crippen molar-refractivity contribution in [2.75, 3.05) is 13.2 Å². The van der Waals surface area contributed by atoms with Gasteiger partial charge in [0, 0.05) is 12.6 Å². The van der Waals surface area contributed by atoms with Crippen molar-refractivity contribution in [3.8, 4) is 0 Å². The second kappa shape index (κ2) is 3.99. The molecule has 0 saturated carbocycles. The second-order valence-corrected chi connectivity index (χ2v) is 3.93. The summed E-state index contributed by atoms with van der Waals surface area (Å²) < 4.78 is 4.98. The van der Waals surface area contributed by atoms with Gasteiger partial charge in [0.1, 0.15) is 0 Å². The van der Waals surface area contributed by atoms with E-state index in [-0.39, 0.29) is 6.09 Å². The normalized spacial score (nSPS) is 33.5. The lowest BCUT2D eigenvalue weighted by Crippen LogP contribution is -2.35. The van der Waals surface area contributed by atoms with Crippen molar-refractivity contribution in [1.29, 1.82) is 0 Å². The van der Waals surface area contributed by atoms with Gasteiger partial charge < -0.3 is 9.64 Å². The number of likely N-dealkylation sites (tertiary alicyclic amines) is 1. The fourth-order valence-electron chi connectivity index (χ4n) is 1.85. The van der Waals surface area contributed by atoms with E-state index in [4.69, 9.17) is 4.74 Å². The van der Waals surface area contributed by atoms with Gasteiger partial charge in [0.15, 0.2) is 0 Å². The zero-order chi connectivity index (χ0) is 10.0. The fraction of sp³-hybridized carbons (Fsp3) is 0.900. The van der Waals surface area contributed by atoms with Crippen LogP contribution in [0.15, 0.2) is 0 Å². The summed E-state index contributed by atoms with van der Waals surface area (Å²) in [6, 6.07) is 0.314. The van der Waals surface area contributed by atoms with Crippen LogP contribution in [0.25, 0.3) is 0 Å². The SMILES string of the molecule is CCOC(=O)N1CC(C)C(C)C1C. The van der Waals surface area contributed by atoms with Crippen LogP contribution in [0, 0.1) is 11.8 Å². The molecule has 76 valence electrons. The Morgan fingerprint density at radius 3 is 2.46 bits per heavy atom. The first-order valence-corrected chi connectivity index (χ1v) is 5.01. The maximum atomic E-state index is 11.5. The minimum atomic E-state index is -0.161. The van der Waals surface area contributed by atoms with Crippen LogP contribution in [0.4, 0.5) is 4.79 Å². The zero-order valence-corrected chi connectivity index (χ0v) is 8.91. The Bertz CT molecular complexity index is 193. The molecule has 1 saturated heterocycles. The Morgan fingerprint density at radius 1 is 1.46 bits per heavy atom. The van der Waals surface area contributed by atoms with Gasteiger partial charge in [0.2, 0.25) is 0 Å². The van der Waals surface area contributed by atoms with Gasteiger partial charge in [-0.25, -0.2) is 4.79 Å². The Labute approximate surface area is 80.1 Å². The number of hydrogen-bond acceptors (Lipinski definition) is 2. The van der Waals surface area contributed by atoms with Gasteiger partial charge in [0.25, 0.3) is 0 Å². The molecule has 13 heavy (non-hydrogen) atoms. The van der Waals surface area contributed by atoms with E-state index in [1.54, 1.807) is 0 Å². The van der Waals surface area contributed by atoms with Crippen LogP contribution in [0.1, 0.15) is 27.7 Å². The monoisotopic (exact) mass is 185 g/mol. The van der Waals surface area contributed by atoms with E-state index in [0.717, 1.165) is 6.54 Å². The molecular weight excluding hydrogens is 166 g/mol. The van der Waals surface area contributed by atoms with Crippen molar-refractivity contribution in [2.24, 2.45) is 11.8 Å². The standard InChI is InChI=1S/C10H19NO2/c1-5-13-10(12)11-6-7(2)8(3)9(11)4/h7-9H,5-6H2,1-4H3. The minimum absolute atomic E-state index is 0.161. The summed E-state index contributed by atoms with van der Waals surface area (Å²) in [5, 5.41) is 0. The van der Waals surface area contributed by atoms with Crippen LogP contribution >= 0.6 is 0 Å². The Morgan fingerprint density at radius 2 is 2.08 bits per heavy atom. The van der Waals surface area contributed by atoms with Crippen LogP contribution in [-0.4, -0.2) is 30.2 Å². The van der Waals surface area contributed by atoms with Gasteiger partial charge in [-0.1, -0.05) is 13.8 Å². The lowest BCUT2D eigenvalue weighted by molar-refractivity contribution is 0.102. The van der Waals surface area contributed by atoms with E-state index in [0.29, 0.717) is 24.5 Å². The average Bonchev–Trinajstić information content (AvgIpc) is 2.33. The molecule has 0 radical (unpaired) electrons. The smallest absolute Gasteiger partial charge is 0.410 e. The Kier molecular flexibility index (Phi) is 3.17. The van der Waals surface area contributed by atoms with Crippen molar-refractivity contribution in [2.45, 2.75) is 33.7 Å². The molecule has 0 spiro atoms. The van der Waals surface area contributed by atoms with Gasteiger partial charge in [-0.15, -0.1) is 0 Å². The topological polar surface area (TPSA) is 29.5 Å². The molecule has 1 amide bonds. The van der Waals surface area contributed by atoms with Crippen molar-refractivity contribution < 1.29 is 9.53 Å². The first-order chi connectivity index (χ1) is 6.07. The second-order valence-electron chi connectivity index (χ2n) is 3.93. The van der Waals surface area contributed by atoms with E-state index in [9.17, 15) is 4.79 Å². The van der Waals surface area contributed by atoms with Gasteiger partial charge in [0.05, 0.1) is 6.61 Å². The maximum Gasteiger partial charge on any atom is 0.410 e. The summed E-state index contributed by atoms with van der Waals surface area (Å²) in [7, 11) is 0. The summed E-state index contributed by atoms with van der Waals surface area (Å²) >= 11 is 0. The van der Waals surface area contributed by atoms with Crippen molar-refractivity contribution >= 4 is 6.09 Å². The number of hydrogen-bond donors (Lipinski definition) is 0. The Balaban J connectivity index is 2.57. The highest BCUT2D eigenvalue weighted by molar-refractivity contribution is 5.68. The largest absolute Gasteiger partial charge is 0.450 e. The van der Waals surface area contributed by atoms with Crippen molar-refractivity contribution in [3.05, 3.63) is 0 Å². The number of ether oxygens (including phenoxy) is 1. The molecule has 1 rings (SSSR count). The van der Waals surface area contributed by atoms with Gasteiger partial charge >= 0.3 is 6.09 Å². The fourth-order valence-corrected chi connectivity index (χ4v) is 1.85. The lowest BCUT2D eigenvalue weighted by Gasteiger charge is -2.22. The van der Waals surface area contributed by atoms with Crippen molar-refractivity contribution in [3.63, 3.8) is 0 Å². The third-order valence-electron chi connectivity index (χ3n) is 3.14. The van der Waals surface area contributed by atoms with E-state index < -0.39 is 0 Å². The lowest BCUT2D eigenvalue weighted by atomic mass is 9.95. The van der Waals surface area contributed by atoms with Gasteiger partial charge in [-0.2, -0.15) is 0 Å². The van der Waals surface area contributed by atoms with Gasteiger partial charge in [-0.05, 0) is 25.7 Å². The number of carbonyl (C=O) groups is 1. The molecular formula is C10H19NO2. The van der Waals surface area contributed by atoms with Crippen LogP contribution in [0.5, 0.6) is 0 Å². The number of carbonyl (C=O) groups excluding carboxylic acids is 1. The number of amides is 1. The average molecular weight is 185 g/mol. The molecule has 3 heteroatoms. The molecule has 1 fully saturated rings. The third-order valence-corrected chi connectivity index (χ3v) is 3.14. The molecule has 1 aliphatic rings. The van der Waals surface area contributed by atoms with Crippen LogP contribution in [0.3, 0.4) is 0 Å². The van der Waals surface area contributed by atoms with Gasteiger partial charge in [-0.3, -0.25) is 0 Å². The maximum absolute atomic E-state index is 11.5. The van der Waals surface area contributed by atoms with E-state index >= 15 is 0 Å². The summed E-state index contributed by atoms with van der Waals surface area (Å²) in [4.78, 5) is 13.3. The van der Waals surface area contributed by atoms with E-state index in [2.05, 4.69) is 20.8 Å². The molecule has 0 aromatic carbocycles. The van der Waals surface area contributed by atoms with Crippen molar-refractivity contribution in [1.82, 2.24) is 4.90 Å². The first kappa shape index (κ1) is 10.4. The van der Waals surface area contributed by atoms with Crippen LogP contribution in [0.2, 0.25) is 0 Å². The third kappa shape index (κ3) is 1.95. The highest BCUT2D eigenvalue weighted by Crippen LogP contribution is 2.29. The molecule has 3 unspecified atom stereocenters. The van der Waals surface area contributed by atoms with Crippen LogP contribution < -0.4 is 0 Å². The number of nitrogens with zero attached hydrogens (tertiary/aromatic N) is 1. The molecule has 0 aromatic rings. The molecule has 1 aliphatic heterocycles. The predicted octanol–water partition coefficient (Wildman–Crippen LogP) is 2.12. The zero-order valence-electron chi connectivity index (χ0n) is 8.91. The summed E-state index contributed by atoms with van der Waals surface area (Å²) in [5.74, 6) is 1.16. The molecule has 3 atom stereocenters. The summed E-state index contributed by atoms with van der Waals surface area (Å²) in [6.07, 6.45) is -0.161. The van der Waals surface area contributed by atoms with Crippen LogP contribution in [-0.2, 0) is 4.74 Å². The van der Waals surface area contributed by atoms with E-state index in [1.807, 2.05) is 11.8 Å². The van der Waals surface area contributed by atoms with E-state index in [1.165, 1.54) is 0 Å². The molecule has 0 aromatic heterocycles. The predicted molar refractivity (Wildman–Crippen MR) is 51.5 cm³/mol. The minimum Gasteiger partial charge on any atom is -0.450 e. The summed E-state index contributed by atoms with van der Waals surface area (Å²) in [6.45, 7) is 9.59. The number of rotatable bonds is 1. The highest BCUT2D eigenvalue weighted by atomic mass is 16.6. The molecule has 0 bridgehead atoms. The molecule has 0 aliphatic carbocycles. The summed E-state index contributed by atoms with van der Waals surface area (Å²) in [5.41, 5.74) is 0. The quantitative estimate of drug-likeness (QED) is 0.626. The Hall–Kier alpha value is -0.730. The molecule has 0 N–H and O–H groups in total. The molecule has 3 nitrogen and oxygen atoms in total. The highest BCUT2D eigenvalue weighted by Gasteiger charge is 2.36. The molecule has 1 heterocycles.